The van der Waals surface area contributed by atoms with Crippen molar-refractivity contribution in [2.45, 2.75) is 19.8 Å². The second-order valence-electron chi connectivity index (χ2n) is 3.72. The van der Waals surface area contributed by atoms with Crippen LogP contribution in [0.2, 0.25) is 0 Å². The second-order valence-corrected chi connectivity index (χ2v) is 3.72. The molecule has 0 fully saturated rings. The number of hydrogen-bond acceptors (Lipinski definition) is 2. The third-order valence-corrected chi connectivity index (χ3v) is 2.23. The van der Waals surface area contributed by atoms with Crippen molar-refractivity contribution in [1.82, 2.24) is 5.32 Å². The first-order valence-corrected chi connectivity index (χ1v) is 5.33. The standard InChI is InChI=1S/C12H17FN2O/c1-9-6-10(13)8-11(7-9)15-5-3-4-12(16)14-2/h6-8,15H,3-5H2,1-2H3,(H,14,16). The fourth-order valence-electron chi connectivity index (χ4n) is 1.45. The Bertz CT molecular complexity index is 346. The van der Waals surface area contributed by atoms with Crippen LogP contribution in [0.3, 0.4) is 0 Å². The van der Waals surface area contributed by atoms with Crippen LogP contribution in [-0.4, -0.2) is 19.5 Å². The number of hydrogen-bond donors (Lipinski definition) is 2. The zero-order valence-corrected chi connectivity index (χ0v) is 9.64. The van der Waals surface area contributed by atoms with Gasteiger partial charge in [-0.2, -0.15) is 0 Å². The van der Waals surface area contributed by atoms with Gasteiger partial charge in [-0.25, -0.2) is 4.39 Å². The molecule has 1 rings (SSSR count). The number of aryl methyl sites for hydroxylation is 1. The molecule has 1 aromatic rings. The zero-order valence-electron chi connectivity index (χ0n) is 9.64. The molecule has 1 aromatic carbocycles. The van der Waals surface area contributed by atoms with E-state index in [1.54, 1.807) is 7.05 Å². The molecule has 1 amide bonds. The highest BCUT2D eigenvalue weighted by Crippen LogP contribution is 2.13. The first kappa shape index (κ1) is 12.5. The van der Waals surface area contributed by atoms with Crippen molar-refractivity contribution in [2.24, 2.45) is 0 Å². The molecule has 0 aliphatic heterocycles. The Morgan fingerprint density at radius 2 is 2.12 bits per heavy atom. The predicted molar refractivity (Wildman–Crippen MR) is 62.9 cm³/mol. The Morgan fingerprint density at radius 3 is 2.75 bits per heavy atom. The summed E-state index contributed by atoms with van der Waals surface area (Å²) >= 11 is 0. The van der Waals surface area contributed by atoms with Crippen LogP contribution in [0, 0.1) is 12.7 Å². The highest BCUT2D eigenvalue weighted by molar-refractivity contribution is 5.75. The molecule has 0 bridgehead atoms. The Morgan fingerprint density at radius 1 is 1.38 bits per heavy atom. The van der Waals surface area contributed by atoms with Gasteiger partial charge in [-0.15, -0.1) is 0 Å². The molecule has 0 aliphatic rings. The smallest absolute Gasteiger partial charge is 0.219 e. The van der Waals surface area contributed by atoms with Crippen LogP contribution in [0.4, 0.5) is 10.1 Å². The largest absolute Gasteiger partial charge is 0.385 e. The molecule has 0 atom stereocenters. The molecule has 4 heteroatoms. The minimum Gasteiger partial charge on any atom is -0.385 e. The van der Waals surface area contributed by atoms with E-state index in [-0.39, 0.29) is 11.7 Å². The molecule has 0 aliphatic carbocycles. The normalized spacial score (nSPS) is 9.94. The Balaban J connectivity index is 2.34. The maximum Gasteiger partial charge on any atom is 0.219 e. The average molecular weight is 224 g/mol. The summed E-state index contributed by atoms with van der Waals surface area (Å²) in [5.41, 5.74) is 1.64. The molecular formula is C12H17FN2O. The maximum absolute atomic E-state index is 13.0. The summed E-state index contributed by atoms with van der Waals surface area (Å²) in [6.07, 6.45) is 1.22. The average Bonchev–Trinajstić information content (AvgIpc) is 2.22. The van der Waals surface area contributed by atoms with Crippen molar-refractivity contribution in [1.29, 1.82) is 0 Å². The van der Waals surface area contributed by atoms with Gasteiger partial charge < -0.3 is 10.6 Å². The summed E-state index contributed by atoms with van der Waals surface area (Å²) < 4.78 is 13.0. The summed E-state index contributed by atoms with van der Waals surface area (Å²) in [5.74, 6) is -0.217. The van der Waals surface area contributed by atoms with Gasteiger partial charge in [0.25, 0.3) is 0 Å². The lowest BCUT2D eigenvalue weighted by molar-refractivity contribution is -0.120. The Labute approximate surface area is 95.0 Å². The third-order valence-electron chi connectivity index (χ3n) is 2.23. The van der Waals surface area contributed by atoms with Gasteiger partial charge in [0.05, 0.1) is 0 Å². The fraction of sp³-hybridized carbons (Fsp3) is 0.417. The molecular weight excluding hydrogens is 207 g/mol. The van der Waals surface area contributed by atoms with Gasteiger partial charge in [0.1, 0.15) is 5.82 Å². The molecule has 0 radical (unpaired) electrons. The summed E-state index contributed by atoms with van der Waals surface area (Å²) in [6, 6.07) is 4.81. The molecule has 88 valence electrons. The van der Waals surface area contributed by atoms with Gasteiger partial charge in [0.15, 0.2) is 0 Å². The van der Waals surface area contributed by atoms with E-state index in [2.05, 4.69) is 10.6 Å². The minimum absolute atomic E-state index is 0.0252. The highest BCUT2D eigenvalue weighted by Gasteiger charge is 1.99. The molecule has 0 aromatic heterocycles. The molecule has 3 nitrogen and oxygen atoms in total. The van der Waals surface area contributed by atoms with E-state index in [0.29, 0.717) is 13.0 Å². The summed E-state index contributed by atoms with van der Waals surface area (Å²) in [4.78, 5) is 10.9. The fourth-order valence-corrected chi connectivity index (χ4v) is 1.45. The summed E-state index contributed by atoms with van der Waals surface area (Å²) in [5, 5.41) is 5.64. The molecule has 0 saturated carbocycles. The van der Waals surface area contributed by atoms with Crippen molar-refractivity contribution in [3.05, 3.63) is 29.6 Å². The van der Waals surface area contributed by atoms with Crippen LogP contribution < -0.4 is 10.6 Å². The minimum atomic E-state index is -0.242. The Hall–Kier alpha value is -1.58. The van der Waals surface area contributed by atoms with Crippen LogP contribution >= 0.6 is 0 Å². The first-order chi connectivity index (χ1) is 7.61. The Kier molecular flexibility index (Phi) is 4.76. The zero-order chi connectivity index (χ0) is 12.0. The number of benzene rings is 1. The molecule has 0 heterocycles. The van der Waals surface area contributed by atoms with E-state index in [4.69, 9.17) is 0 Å². The van der Waals surface area contributed by atoms with Crippen molar-refractivity contribution >= 4 is 11.6 Å². The van der Waals surface area contributed by atoms with Crippen molar-refractivity contribution < 1.29 is 9.18 Å². The van der Waals surface area contributed by atoms with Gasteiger partial charge in [-0.1, -0.05) is 0 Å². The summed E-state index contributed by atoms with van der Waals surface area (Å²) in [7, 11) is 1.62. The molecule has 0 unspecified atom stereocenters. The van der Waals surface area contributed by atoms with Crippen LogP contribution in [0.5, 0.6) is 0 Å². The molecule has 0 saturated heterocycles. The van der Waals surface area contributed by atoms with Crippen LogP contribution in [-0.2, 0) is 4.79 Å². The van der Waals surface area contributed by atoms with Crippen molar-refractivity contribution in [3.8, 4) is 0 Å². The number of nitrogens with one attached hydrogen (secondary N) is 2. The lowest BCUT2D eigenvalue weighted by atomic mass is 10.2. The number of carbonyl (C=O) groups is 1. The summed E-state index contributed by atoms with van der Waals surface area (Å²) in [6.45, 7) is 2.51. The molecule has 2 N–H and O–H groups in total. The predicted octanol–water partition coefficient (Wildman–Crippen LogP) is 2.07. The van der Waals surface area contributed by atoms with Gasteiger partial charge in [-0.05, 0) is 37.1 Å². The van der Waals surface area contributed by atoms with Crippen molar-refractivity contribution in [3.63, 3.8) is 0 Å². The lowest BCUT2D eigenvalue weighted by Crippen LogP contribution is -2.18. The van der Waals surface area contributed by atoms with E-state index >= 15 is 0 Å². The number of carbonyl (C=O) groups excluding carboxylic acids is 1. The van der Waals surface area contributed by atoms with E-state index < -0.39 is 0 Å². The van der Waals surface area contributed by atoms with Crippen LogP contribution in [0.15, 0.2) is 18.2 Å². The SMILES string of the molecule is CNC(=O)CCCNc1cc(C)cc(F)c1. The maximum atomic E-state index is 13.0. The molecule has 16 heavy (non-hydrogen) atoms. The van der Waals surface area contributed by atoms with Crippen molar-refractivity contribution in [2.75, 3.05) is 18.9 Å². The second kappa shape index (κ2) is 6.10. The molecule has 0 spiro atoms. The van der Waals surface area contributed by atoms with E-state index in [0.717, 1.165) is 17.7 Å². The van der Waals surface area contributed by atoms with Crippen LogP contribution in [0.25, 0.3) is 0 Å². The number of halogens is 1. The first-order valence-electron chi connectivity index (χ1n) is 5.33. The van der Waals surface area contributed by atoms with Gasteiger partial charge >= 0.3 is 0 Å². The lowest BCUT2D eigenvalue weighted by Gasteiger charge is -2.07. The van der Waals surface area contributed by atoms with E-state index in [9.17, 15) is 9.18 Å². The van der Waals surface area contributed by atoms with Crippen LogP contribution in [0.1, 0.15) is 18.4 Å². The third kappa shape index (κ3) is 4.29. The van der Waals surface area contributed by atoms with Gasteiger partial charge in [-0.3, -0.25) is 4.79 Å². The number of anilines is 1. The monoisotopic (exact) mass is 224 g/mol. The van der Waals surface area contributed by atoms with E-state index in [1.165, 1.54) is 12.1 Å². The van der Waals surface area contributed by atoms with Gasteiger partial charge in [0, 0.05) is 25.7 Å². The van der Waals surface area contributed by atoms with E-state index in [1.807, 2.05) is 13.0 Å². The van der Waals surface area contributed by atoms with Gasteiger partial charge in [0.2, 0.25) is 5.91 Å². The highest BCUT2D eigenvalue weighted by atomic mass is 19.1. The number of rotatable bonds is 5. The quantitative estimate of drug-likeness (QED) is 0.752. The number of amides is 1. The topological polar surface area (TPSA) is 41.1 Å².